The van der Waals surface area contributed by atoms with Gasteiger partial charge in [-0.2, -0.15) is 0 Å². The van der Waals surface area contributed by atoms with E-state index in [4.69, 9.17) is 14.2 Å². The smallest absolute Gasteiger partial charge is 0.306 e. The average molecular weight is 877 g/mol. The highest BCUT2D eigenvalue weighted by atomic mass is 16.6. The zero-order valence-corrected chi connectivity index (χ0v) is 41.1. The first-order valence-corrected chi connectivity index (χ1v) is 26.1. The third-order valence-electron chi connectivity index (χ3n) is 10.9. The molecule has 0 bridgehead atoms. The van der Waals surface area contributed by atoms with E-state index in [-0.39, 0.29) is 31.1 Å². The molecule has 0 aliphatic rings. The van der Waals surface area contributed by atoms with Gasteiger partial charge in [0.05, 0.1) is 0 Å². The highest BCUT2D eigenvalue weighted by Gasteiger charge is 2.19. The van der Waals surface area contributed by atoms with Crippen molar-refractivity contribution in [1.82, 2.24) is 0 Å². The minimum atomic E-state index is -0.804. The van der Waals surface area contributed by atoms with Gasteiger partial charge in [0, 0.05) is 19.3 Å². The summed E-state index contributed by atoms with van der Waals surface area (Å²) in [4.78, 5) is 38.0. The molecule has 1 atom stereocenters. The molecule has 0 saturated heterocycles. The summed E-state index contributed by atoms with van der Waals surface area (Å²) in [5, 5.41) is 0. The summed E-state index contributed by atoms with van der Waals surface area (Å²) >= 11 is 0. The van der Waals surface area contributed by atoms with Gasteiger partial charge in [-0.1, -0.05) is 189 Å². The van der Waals surface area contributed by atoms with Gasteiger partial charge in [0.2, 0.25) is 0 Å². The summed E-state index contributed by atoms with van der Waals surface area (Å²) in [6, 6.07) is 0. The molecule has 0 aromatic carbocycles. The molecule has 360 valence electrons. The van der Waals surface area contributed by atoms with Gasteiger partial charge in [0.1, 0.15) is 13.2 Å². The first kappa shape index (κ1) is 59.6. The molecule has 0 saturated carbocycles. The van der Waals surface area contributed by atoms with E-state index in [2.05, 4.69) is 106 Å². The van der Waals surface area contributed by atoms with E-state index in [0.29, 0.717) is 19.3 Å². The van der Waals surface area contributed by atoms with Crippen LogP contribution in [0.2, 0.25) is 0 Å². The van der Waals surface area contributed by atoms with Crippen LogP contribution in [0.1, 0.15) is 239 Å². The van der Waals surface area contributed by atoms with E-state index in [0.717, 1.165) is 116 Å². The van der Waals surface area contributed by atoms with Gasteiger partial charge in [-0.3, -0.25) is 14.4 Å². The number of allylic oxidation sites excluding steroid dienone is 14. The van der Waals surface area contributed by atoms with Crippen LogP contribution < -0.4 is 0 Å². The SMILES string of the molecule is CC/C=C\C/C=C\C/C=C\CCCCCCCC(=O)O[C@H](COC(=O)CCCC/C=C\C/C=C\C/C=C\CCCCC)COC(=O)CCCCCCC/C=C\CCCCCCCC. The molecule has 0 radical (unpaired) electrons. The molecule has 0 aromatic rings. The second-order valence-electron chi connectivity index (χ2n) is 17.0. The van der Waals surface area contributed by atoms with E-state index >= 15 is 0 Å². The van der Waals surface area contributed by atoms with E-state index in [1.54, 1.807) is 0 Å². The predicted molar refractivity (Wildman–Crippen MR) is 270 cm³/mol. The van der Waals surface area contributed by atoms with Crippen molar-refractivity contribution >= 4 is 17.9 Å². The highest BCUT2D eigenvalue weighted by Crippen LogP contribution is 2.13. The lowest BCUT2D eigenvalue weighted by Crippen LogP contribution is -2.30. The monoisotopic (exact) mass is 877 g/mol. The Hall–Kier alpha value is -3.41. The van der Waals surface area contributed by atoms with Crippen LogP contribution in [0, 0.1) is 0 Å². The molecule has 0 N–H and O–H groups in total. The van der Waals surface area contributed by atoms with E-state index < -0.39 is 6.10 Å². The van der Waals surface area contributed by atoms with Crippen molar-refractivity contribution in [2.75, 3.05) is 13.2 Å². The summed E-state index contributed by atoms with van der Waals surface area (Å²) < 4.78 is 16.8. The van der Waals surface area contributed by atoms with Crippen molar-refractivity contribution in [2.45, 2.75) is 245 Å². The Kier molecular flexibility index (Phi) is 48.5. The molecule has 0 aliphatic carbocycles. The van der Waals surface area contributed by atoms with Crippen LogP contribution in [-0.2, 0) is 28.6 Å². The maximum Gasteiger partial charge on any atom is 0.306 e. The molecule has 6 heteroatoms. The minimum absolute atomic E-state index is 0.101. The molecule has 0 aromatic heterocycles. The van der Waals surface area contributed by atoms with Crippen molar-refractivity contribution < 1.29 is 28.6 Å². The van der Waals surface area contributed by atoms with Gasteiger partial charge in [-0.15, -0.1) is 0 Å². The molecule has 0 spiro atoms. The maximum atomic E-state index is 12.8. The molecule has 0 amide bonds. The first-order chi connectivity index (χ1) is 31.0. The van der Waals surface area contributed by atoms with Crippen LogP contribution in [0.4, 0.5) is 0 Å². The third kappa shape index (κ3) is 49.5. The minimum Gasteiger partial charge on any atom is -0.462 e. The molecule has 63 heavy (non-hydrogen) atoms. The third-order valence-corrected chi connectivity index (χ3v) is 10.9. The average Bonchev–Trinajstić information content (AvgIpc) is 3.28. The first-order valence-electron chi connectivity index (χ1n) is 26.1. The van der Waals surface area contributed by atoms with Gasteiger partial charge >= 0.3 is 17.9 Å². The summed E-state index contributed by atoms with van der Waals surface area (Å²) in [5.41, 5.74) is 0. The lowest BCUT2D eigenvalue weighted by Gasteiger charge is -2.18. The quantitative estimate of drug-likeness (QED) is 0.0262. The zero-order chi connectivity index (χ0) is 45.8. The number of ether oxygens (including phenoxy) is 3. The number of esters is 3. The lowest BCUT2D eigenvalue weighted by molar-refractivity contribution is -0.167. The van der Waals surface area contributed by atoms with Crippen LogP contribution in [0.15, 0.2) is 85.1 Å². The summed E-state index contributed by atoms with van der Waals surface area (Å²) in [7, 11) is 0. The van der Waals surface area contributed by atoms with E-state index in [9.17, 15) is 14.4 Å². The molecule has 0 heterocycles. The Morgan fingerprint density at radius 1 is 0.333 bits per heavy atom. The van der Waals surface area contributed by atoms with Crippen LogP contribution >= 0.6 is 0 Å². The highest BCUT2D eigenvalue weighted by molar-refractivity contribution is 5.71. The fourth-order valence-electron chi connectivity index (χ4n) is 6.93. The van der Waals surface area contributed by atoms with Gasteiger partial charge in [0.15, 0.2) is 6.10 Å². The Labute approximate surface area is 388 Å². The van der Waals surface area contributed by atoms with Crippen LogP contribution in [0.25, 0.3) is 0 Å². The Morgan fingerprint density at radius 3 is 1.05 bits per heavy atom. The Morgan fingerprint density at radius 2 is 0.619 bits per heavy atom. The number of hydrogen-bond acceptors (Lipinski definition) is 6. The number of unbranched alkanes of at least 4 members (excludes halogenated alkanes) is 21. The summed E-state index contributed by atoms with van der Waals surface area (Å²) in [5.74, 6) is -0.966. The van der Waals surface area contributed by atoms with Crippen molar-refractivity contribution in [1.29, 1.82) is 0 Å². The topological polar surface area (TPSA) is 78.9 Å². The van der Waals surface area contributed by atoms with E-state index in [1.165, 1.54) is 83.5 Å². The second-order valence-corrected chi connectivity index (χ2v) is 17.0. The van der Waals surface area contributed by atoms with E-state index in [1.807, 2.05) is 0 Å². The molecular weight excluding hydrogens is 781 g/mol. The number of carbonyl (C=O) groups is 3. The van der Waals surface area contributed by atoms with Gasteiger partial charge < -0.3 is 14.2 Å². The fourth-order valence-corrected chi connectivity index (χ4v) is 6.93. The Balaban J connectivity index is 4.49. The number of rotatable bonds is 46. The summed E-state index contributed by atoms with van der Waals surface area (Å²) in [6.07, 6.45) is 65.6. The van der Waals surface area contributed by atoms with Crippen LogP contribution in [0.5, 0.6) is 0 Å². The van der Waals surface area contributed by atoms with Gasteiger partial charge in [0.25, 0.3) is 0 Å². The second kappa shape index (κ2) is 51.2. The summed E-state index contributed by atoms with van der Waals surface area (Å²) in [6.45, 7) is 6.43. The molecule has 0 unspecified atom stereocenters. The van der Waals surface area contributed by atoms with Gasteiger partial charge in [-0.25, -0.2) is 0 Å². The standard InChI is InChI=1S/C57H96O6/c1-4-7-10-13-16-19-22-25-28-31-34-37-40-43-46-49-55(58)61-52-54(63-57(60)51-48-45-42-39-36-33-30-27-24-21-18-15-12-9-6-3)53-62-56(59)50-47-44-41-38-35-32-29-26-23-20-17-14-11-8-5-2/h9,12,16,18-19,21,25-30,34,37,54H,4-8,10-11,13-15,17,20,22-24,31-33,35-36,38-53H2,1-3H3/b12-9-,19-16-,21-18-,28-25-,29-26-,30-27-,37-34-/t54-/m1/s1. The maximum absolute atomic E-state index is 12.8. The normalized spacial score (nSPS) is 12.7. The molecule has 0 aliphatic heterocycles. The van der Waals surface area contributed by atoms with Crippen molar-refractivity contribution in [3.05, 3.63) is 85.1 Å². The number of hydrogen-bond donors (Lipinski definition) is 0. The van der Waals surface area contributed by atoms with Gasteiger partial charge in [-0.05, 0) is 116 Å². The largest absolute Gasteiger partial charge is 0.462 e. The Bertz CT molecular complexity index is 1240. The van der Waals surface area contributed by atoms with Crippen LogP contribution in [-0.4, -0.2) is 37.2 Å². The lowest BCUT2D eigenvalue weighted by atomic mass is 10.1. The fraction of sp³-hybridized carbons (Fsp3) is 0.702. The molecular formula is C57H96O6. The molecule has 0 fully saturated rings. The van der Waals surface area contributed by atoms with Crippen molar-refractivity contribution in [2.24, 2.45) is 0 Å². The zero-order valence-electron chi connectivity index (χ0n) is 41.1. The molecule has 0 rings (SSSR count). The van der Waals surface area contributed by atoms with Crippen LogP contribution in [0.3, 0.4) is 0 Å². The molecule has 6 nitrogen and oxygen atoms in total. The van der Waals surface area contributed by atoms with Crippen molar-refractivity contribution in [3.8, 4) is 0 Å². The predicted octanol–water partition coefficient (Wildman–Crippen LogP) is 17.2. The number of carbonyl (C=O) groups excluding carboxylic acids is 3. The van der Waals surface area contributed by atoms with Crippen molar-refractivity contribution in [3.63, 3.8) is 0 Å².